The molecule has 7 heteroatoms. The third-order valence-electron chi connectivity index (χ3n) is 4.35. The summed E-state index contributed by atoms with van der Waals surface area (Å²) in [5.41, 5.74) is 1.51. The van der Waals surface area contributed by atoms with Gasteiger partial charge in [-0.05, 0) is 58.8 Å². The van der Waals surface area contributed by atoms with Gasteiger partial charge < -0.3 is 14.8 Å². The van der Waals surface area contributed by atoms with E-state index in [0.717, 1.165) is 34.2 Å². The summed E-state index contributed by atoms with van der Waals surface area (Å²) in [6, 6.07) is 7.33. The summed E-state index contributed by atoms with van der Waals surface area (Å²) in [7, 11) is 1.36. The summed E-state index contributed by atoms with van der Waals surface area (Å²) in [5, 5.41) is 3.38. The van der Waals surface area contributed by atoms with Crippen molar-refractivity contribution in [3.8, 4) is 5.75 Å². The zero-order valence-electron chi connectivity index (χ0n) is 14.6. The number of thiophene rings is 1. The van der Waals surface area contributed by atoms with Crippen LogP contribution in [0.2, 0.25) is 0 Å². The number of benzene rings is 1. The lowest BCUT2D eigenvalue weighted by Gasteiger charge is -2.18. The number of rotatable bonds is 5. The first-order valence-corrected chi connectivity index (χ1v) is 10.0. The number of methoxy groups -OCH3 is 1. The molecule has 0 spiro atoms. The monoisotopic (exact) mass is 437 g/mol. The minimum absolute atomic E-state index is 0.137. The van der Waals surface area contributed by atoms with Crippen molar-refractivity contribution in [1.82, 2.24) is 0 Å². The van der Waals surface area contributed by atoms with Gasteiger partial charge in [-0.25, -0.2) is 4.79 Å². The molecule has 1 aliphatic rings. The lowest BCUT2D eigenvalue weighted by molar-refractivity contribution is -0.118. The minimum Gasteiger partial charge on any atom is -0.483 e. The van der Waals surface area contributed by atoms with Crippen LogP contribution >= 0.6 is 27.3 Å². The molecule has 138 valence electrons. The molecule has 0 radical (unpaired) electrons. The second kappa shape index (κ2) is 8.22. The molecule has 0 aliphatic heterocycles. The molecule has 5 nitrogen and oxygen atoms in total. The van der Waals surface area contributed by atoms with Gasteiger partial charge in [0.1, 0.15) is 10.8 Å². The Morgan fingerprint density at radius 2 is 2.12 bits per heavy atom. The Kier molecular flexibility index (Phi) is 5.98. The fraction of sp³-hybridized carbons (Fsp3) is 0.368. The Bertz CT molecular complexity index is 833. The molecule has 1 unspecified atom stereocenters. The van der Waals surface area contributed by atoms with Crippen LogP contribution in [-0.4, -0.2) is 25.6 Å². The van der Waals surface area contributed by atoms with Gasteiger partial charge in [0.25, 0.3) is 5.91 Å². The van der Waals surface area contributed by atoms with E-state index in [4.69, 9.17) is 9.47 Å². The lowest BCUT2D eigenvalue weighted by atomic mass is 9.88. The summed E-state index contributed by atoms with van der Waals surface area (Å²) in [6.07, 6.45) is 2.79. The second-order valence-corrected chi connectivity index (χ2v) is 8.27. The van der Waals surface area contributed by atoms with Gasteiger partial charge in [0.05, 0.1) is 17.1 Å². The topological polar surface area (TPSA) is 64.6 Å². The highest BCUT2D eigenvalue weighted by molar-refractivity contribution is 9.10. The molecule has 2 aromatic rings. The Labute approximate surface area is 164 Å². The van der Waals surface area contributed by atoms with E-state index in [2.05, 4.69) is 28.2 Å². The van der Waals surface area contributed by atoms with Crippen molar-refractivity contribution in [3.05, 3.63) is 44.7 Å². The van der Waals surface area contributed by atoms with Crippen LogP contribution in [0, 0.1) is 5.92 Å². The van der Waals surface area contributed by atoms with Crippen LogP contribution < -0.4 is 10.1 Å². The van der Waals surface area contributed by atoms with Crippen LogP contribution in [0.5, 0.6) is 5.75 Å². The molecule has 1 aromatic heterocycles. The normalized spacial score (nSPS) is 15.9. The molecular formula is C19H20BrNO4S. The first kappa shape index (κ1) is 18.9. The van der Waals surface area contributed by atoms with Crippen LogP contribution in [0.15, 0.2) is 28.7 Å². The summed E-state index contributed by atoms with van der Waals surface area (Å²) in [5.74, 6) is 0.459. The lowest BCUT2D eigenvalue weighted by Crippen LogP contribution is -2.21. The molecule has 0 saturated carbocycles. The van der Waals surface area contributed by atoms with Gasteiger partial charge in [-0.15, -0.1) is 11.3 Å². The number of anilines is 1. The smallest absolute Gasteiger partial charge is 0.341 e. The number of fused-ring (bicyclic) bond motifs is 1. The van der Waals surface area contributed by atoms with Gasteiger partial charge in [0.15, 0.2) is 6.61 Å². The average molecular weight is 438 g/mol. The molecule has 0 bridgehead atoms. The number of carbonyl (C=O) groups excluding carboxylic acids is 2. The minimum atomic E-state index is -0.404. The van der Waals surface area contributed by atoms with Crippen molar-refractivity contribution in [2.24, 2.45) is 5.92 Å². The van der Waals surface area contributed by atoms with Gasteiger partial charge in [0, 0.05) is 4.88 Å². The van der Waals surface area contributed by atoms with Crippen molar-refractivity contribution in [1.29, 1.82) is 0 Å². The third kappa shape index (κ3) is 4.10. The maximum absolute atomic E-state index is 12.3. The number of carbonyl (C=O) groups is 2. The van der Waals surface area contributed by atoms with E-state index < -0.39 is 5.97 Å². The van der Waals surface area contributed by atoms with E-state index in [0.29, 0.717) is 22.2 Å². The fourth-order valence-electron chi connectivity index (χ4n) is 3.02. The number of halogens is 1. The Balaban J connectivity index is 1.75. The summed E-state index contributed by atoms with van der Waals surface area (Å²) < 4.78 is 11.3. The fourth-order valence-corrected chi connectivity index (χ4v) is 4.84. The maximum atomic E-state index is 12.3. The number of hydrogen-bond acceptors (Lipinski definition) is 5. The molecule has 1 heterocycles. The molecule has 3 rings (SSSR count). The Morgan fingerprint density at radius 3 is 2.85 bits per heavy atom. The first-order valence-electron chi connectivity index (χ1n) is 8.39. The Hall–Kier alpha value is -1.86. The number of esters is 1. The highest BCUT2D eigenvalue weighted by Gasteiger charge is 2.28. The van der Waals surface area contributed by atoms with Gasteiger partial charge in [-0.3, -0.25) is 4.79 Å². The predicted molar refractivity (Wildman–Crippen MR) is 105 cm³/mol. The molecule has 1 N–H and O–H groups in total. The zero-order chi connectivity index (χ0) is 18.7. The number of ether oxygens (including phenoxy) is 2. The summed E-state index contributed by atoms with van der Waals surface area (Å²) in [6.45, 7) is 2.06. The molecular weight excluding hydrogens is 418 g/mol. The van der Waals surface area contributed by atoms with E-state index in [1.165, 1.54) is 18.4 Å². The van der Waals surface area contributed by atoms with Crippen molar-refractivity contribution in [2.45, 2.75) is 26.2 Å². The molecule has 0 fully saturated rings. The van der Waals surface area contributed by atoms with E-state index in [9.17, 15) is 9.59 Å². The van der Waals surface area contributed by atoms with E-state index >= 15 is 0 Å². The van der Waals surface area contributed by atoms with E-state index in [1.807, 2.05) is 18.2 Å². The van der Waals surface area contributed by atoms with Crippen LogP contribution in [0.25, 0.3) is 0 Å². The number of nitrogens with one attached hydrogen (secondary N) is 1. The maximum Gasteiger partial charge on any atom is 0.341 e. The van der Waals surface area contributed by atoms with Gasteiger partial charge in [-0.2, -0.15) is 0 Å². The van der Waals surface area contributed by atoms with Crippen molar-refractivity contribution < 1.29 is 19.1 Å². The standard InChI is InChI=1S/C19H20BrNO4S/c1-11-7-8-12-15(9-11)26-18(17(12)19(23)24-2)21-16(22)10-25-14-6-4-3-5-13(14)20/h3-6,11H,7-10H2,1-2H3,(H,21,22). The first-order chi connectivity index (χ1) is 12.5. The van der Waals surface area contributed by atoms with Gasteiger partial charge in [0.2, 0.25) is 0 Å². The van der Waals surface area contributed by atoms with E-state index in [-0.39, 0.29) is 12.5 Å². The van der Waals surface area contributed by atoms with Crippen molar-refractivity contribution in [3.63, 3.8) is 0 Å². The molecule has 1 aromatic carbocycles. The Morgan fingerprint density at radius 1 is 1.35 bits per heavy atom. The van der Waals surface area contributed by atoms with Crippen molar-refractivity contribution in [2.75, 3.05) is 19.0 Å². The molecule has 1 atom stereocenters. The van der Waals surface area contributed by atoms with Crippen molar-refractivity contribution >= 4 is 44.1 Å². The average Bonchev–Trinajstić information content (AvgIpc) is 2.97. The largest absolute Gasteiger partial charge is 0.483 e. The van der Waals surface area contributed by atoms with Gasteiger partial charge >= 0.3 is 5.97 Å². The SMILES string of the molecule is COC(=O)c1c(NC(=O)COc2ccccc2Br)sc2c1CCC(C)C2. The molecule has 1 amide bonds. The molecule has 1 aliphatic carbocycles. The highest BCUT2D eigenvalue weighted by atomic mass is 79.9. The number of hydrogen-bond donors (Lipinski definition) is 1. The third-order valence-corrected chi connectivity index (χ3v) is 6.17. The number of para-hydroxylation sites is 1. The highest BCUT2D eigenvalue weighted by Crippen LogP contribution is 2.40. The number of amides is 1. The summed E-state index contributed by atoms with van der Waals surface area (Å²) in [4.78, 5) is 25.7. The molecule has 26 heavy (non-hydrogen) atoms. The zero-order valence-corrected chi connectivity index (χ0v) is 17.0. The van der Waals surface area contributed by atoms with Crippen LogP contribution in [0.3, 0.4) is 0 Å². The van der Waals surface area contributed by atoms with Crippen LogP contribution in [0.1, 0.15) is 34.1 Å². The summed E-state index contributed by atoms with van der Waals surface area (Å²) >= 11 is 4.85. The quantitative estimate of drug-likeness (QED) is 0.702. The van der Waals surface area contributed by atoms with Crippen LogP contribution in [0.4, 0.5) is 5.00 Å². The van der Waals surface area contributed by atoms with Gasteiger partial charge in [-0.1, -0.05) is 19.1 Å². The van der Waals surface area contributed by atoms with Crippen LogP contribution in [-0.2, 0) is 22.4 Å². The van der Waals surface area contributed by atoms with E-state index in [1.54, 1.807) is 6.07 Å². The molecule has 0 saturated heterocycles. The predicted octanol–water partition coefficient (Wildman–Crippen LogP) is 4.44. The second-order valence-electron chi connectivity index (χ2n) is 6.31.